The van der Waals surface area contributed by atoms with Crippen LogP contribution in [-0.2, 0) is 0 Å². The number of rotatable bonds is 1. The molecule has 0 saturated heterocycles. The lowest BCUT2D eigenvalue weighted by Gasteiger charge is -2.33. The maximum absolute atomic E-state index is 11.0. The van der Waals surface area contributed by atoms with Gasteiger partial charge in [-0.05, 0) is 12.3 Å². The standard InChI is InChI=1S/C8H8Br2N2O3/c9-6-3-1-4(7(6)13)8(10,12(14)15)5(3)2-11/h3-7,13H,1H2. The van der Waals surface area contributed by atoms with E-state index in [2.05, 4.69) is 31.9 Å². The Morgan fingerprint density at radius 3 is 2.73 bits per heavy atom. The molecule has 7 heteroatoms. The van der Waals surface area contributed by atoms with Crippen LogP contribution >= 0.6 is 31.9 Å². The number of halogens is 2. The van der Waals surface area contributed by atoms with Gasteiger partial charge in [-0.3, -0.25) is 10.1 Å². The molecule has 1 N–H and O–H groups in total. The molecule has 0 aliphatic heterocycles. The number of nitriles is 1. The van der Waals surface area contributed by atoms with E-state index in [1.807, 2.05) is 6.07 Å². The molecule has 2 fully saturated rings. The summed E-state index contributed by atoms with van der Waals surface area (Å²) in [6.45, 7) is 0. The minimum absolute atomic E-state index is 0.153. The number of alkyl halides is 2. The van der Waals surface area contributed by atoms with Gasteiger partial charge in [0.15, 0.2) is 0 Å². The monoisotopic (exact) mass is 338 g/mol. The summed E-state index contributed by atoms with van der Waals surface area (Å²) >= 11 is 6.36. The maximum Gasteiger partial charge on any atom is 0.295 e. The molecule has 82 valence electrons. The number of hydrogen-bond donors (Lipinski definition) is 1. The third-order valence-electron chi connectivity index (χ3n) is 3.48. The van der Waals surface area contributed by atoms with Crippen LogP contribution in [-0.4, -0.2) is 25.4 Å². The topological polar surface area (TPSA) is 87.2 Å². The minimum Gasteiger partial charge on any atom is -0.391 e. The van der Waals surface area contributed by atoms with Crippen LogP contribution in [0.25, 0.3) is 0 Å². The van der Waals surface area contributed by atoms with E-state index in [1.165, 1.54) is 0 Å². The molecule has 0 amide bonds. The first-order chi connectivity index (χ1) is 6.94. The Morgan fingerprint density at radius 2 is 2.27 bits per heavy atom. The molecule has 0 aromatic carbocycles. The second-order valence-electron chi connectivity index (χ2n) is 4.03. The Balaban J connectivity index is 2.43. The second kappa shape index (κ2) is 3.40. The summed E-state index contributed by atoms with van der Waals surface area (Å²) < 4.78 is -1.48. The molecule has 0 aromatic heterocycles. The van der Waals surface area contributed by atoms with Gasteiger partial charge in [-0.2, -0.15) is 5.26 Å². The summed E-state index contributed by atoms with van der Waals surface area (Å²) in [4.78, 5) is 10.3. The molecule has 0 radical (unpaired) electrons. The lowest BCUT2D eigenvalue weighted by Crippen LogP contribution is -2.52. The van der Waals surface area contributed by atoms with E-state index in [9.17, 15) is 15.2 Å². The van der Waals surface area contributed by atoms with Crippen molar-refractivity contribution in [2.24, 2.45) is 17.8 Å². The van der Waals surface area contributed by atoms with Crippen molar-refractivity contribution >= 4 is 31.9 Å². The molecule has 2 bridgehead atoms. The Labute approximate surface area is 103 Å². The summed E-state index contributed by atoms with van der Waals surface area (Å²) in [5.74, 6) is -1.34. The predicted octanol–water partition coefficient (Wildman–Crippen LogP) is 1.27. The van der Waals surface area contributed by atoms with Crippen LogP contribution in [0.1, 0.15) is 6.42 Å². The van der Waals surface area contributed by atoms with E-state index in [0.29, 0.717) is 6.42 Å². The van der Waals surface area contributed by atoms with Crippen molar-refractivity contribution in [2.75, 3.05) is 0 Å². The number of fused-ring (bicyclic) bond motifs is 2. The third-order valence-corrected chi connectivity index (χ3v) is 6.07. The zero-order chi connectivity index (χ0) is 11.4. The summed E-state index contributed by atoms with van der Waals surface area (Å²) in [6.07, 6.45) is -0.244. The highest BCUT2D eigenvalue weighted by molar-refractivity contribution is 9.10. The Morgan fingerprint density at radius 1 is 1.67 bits per heavy atom. The fraction of sp³-hybridized carbons (Fsp3) is 0.875. The number of aliphatic hydroxyl groups excluding tert-OH is 1. The largest absolute Gasteiger partial charge is 0.391 e. The van der Waals surface area contributed by atoms with Crippen molar-refractivity contribution in [1.29, 1.82) is 5.26 Å². The van der Waals surface area contributed by atoms with E-state index in [-0.39, 0.29) is 10.7 Å². The van der Waals surface area contributed by atoms with E-state index in [1.54, 1.807) is 0 Å². The molecule has 0 aromatic rings. The molecule has 0 heterocycles. The summed E-state index contributed by atoms with van der Waals surface area (Å²) in [6, 6.07) is 1.99. The van der Waals surface area contributed by atoms with Gasteiger partial charge in [-0.25, -0.2) is 0 Å². The van der Waals surface area contributed by atoms with E-state index < -0.39 is 27.3 Å². The lowest BCUT2D eigenvalue weighted by atomic mass is 9.84. The van der Waals surface area contributed by atoms with Crippen molar-refractivity contribution in [3.8, 4) is 6.07 Å². The first-order valence-electron chi connectivity index (χ1n) is 4.49. The van der Waals surface area contributed by atoms with Gasteiger partial charge in [0.05, 0.1) is 18.1 Å². The van der Waals surface area contributed by atoms with E-state index in [4.69, 9.17) is 5.26 Å². The Kier molecular flexibility index (Phi) is 2.56. The highest BCUT2D eigenvalue weighted by Crippen LogP contribution is 2.60. The fourth-order valence-electron chi connectivity index (χ4n) is 2.73. The molecule has 2 aliphatic rings. The minimum atomic E-state index is -1.48. The summed E-state index contributed by atoms with van der Waals surface area (Å²) in [5, 5.41) is 29.8. The molecule has 6 atom stereocenters. The average Bonchev–Trinajstić information content (AvgIpc) is 2.63. The van der Waals surface area contributed by atoms with Gasteiger partial charge in [-0.15, -0.1) is 0 Å². The number of hydrogen-bond acceptors (Lipinski definition) is 4. The van der Waals surface area contributed by atoms with Gasteiger partial charge in [-0.1, -0.05) is 15.9 Å². The second-order valence-corrected chi connectivity index (χ2v) is 6.36. The van der Waals surface area contributed by atoms with Crippen molar-refractivity contribution in [2.45, 2.75) is 21.8 Å². The van der Waals surface area contributed by atoms with E-state index in [0.717, 1.165) is 0 Å². The zero-order valence-electron chi connectivity index (χ0n) is 7.51. The molecule has 0 spiro atoms. The molecule has 15 heavy (non-hydrogen) atoms. The highest BCUT2D eigenvalue weighted by atomic mass is 79.9. The Hall–Kier alpha value is -0.190. The molecule has 2 aliphatic carbocycles. The van der Waals surface area contributed by atoms with Gasteiger partial charge < -0.3 is 5.11 Å². The van der Waals surface area contributed by atoms with Gasteiger partial charge in [0.25, 0.3) is 4.45 Å². The SMILES string of the molecule is N#CC1C2CC(C(O)C2Br)C1(Br)[N+](=O)[O-]. The fourth-order valence-corrected chi connectivity index (χ4v) is 4.52. The number of nitro groups is 1. The number of nitrogens with zero attached hydrogens (tertiary/aromatic N) is 2. The van der Waals surface area contributed by atoms with Crippen molar-refractivity contribution < 1.29 is 10.0 Å². The first kappa shape index (κ1) is 11.3. The first-order valence-corrected chi connectivity index (χ1v) is 6.20. The summed E-state index contributed by atoms with van der Waals surface area (Å²) in [7, 11) is 0. The van der Waals surface area contributed by atoms with Gasteiger partial charge >= 0.3 is 0 Å². The Bertz CT molecular complexity index is 358. The van der Waals surface area contributed by atoms with Crippen LogP contribution < -0.4 is 0 Å². The quantitative estimate of drug-likeness (QED) is 0.337. The third kappa shape index (κ3) is 1.22. The van der Waals surface area contributed by atoms with Gasteiger partial charge in [0.2, 0.25) is 0 Å². The van der Waals surface area contributed by atoms with Gasteiger partial charge in [0, 0.05) is 25.7 Å². The van der Waals surface area contributed by atoms with Crippen molar-refractivity contribution in [3.63, 3.8) is 0 Å². The van der Waals surface area contributed by atoms with Crippen LogP contribution in [0.3, 0.4) is 0 Å². The van der Waals surface area contributed by atoms with Crippen LogP contribution in [0.5, 0.6) is 0 Å². The normalized spacial score (nSPS) is 52.8. The smallest absolute Gasteiger partial charge is 0.295 e. The zero-order valence-corrected chi connectivity index (χ0v) is 10.7. The molecule has 2 saturated carbocycles. The van der Waals surface area contributed by atoms with Crippen molar-refractivity contribution in [3.05, 3.63) is 10.1 Å². The van der Waals surface area contributed by atoms with Crippen LogP contribution in [0.4, 0.5) is 0 Å². The molecule has 5 nitrogen and oxygen atoms in total. The summed E-state index contributed by atoms with van der Waals surface area (Å²) in [5.41, 5.74) is 0. The molecule has 6 unspecified atom stereocenters. The van der Waals surface area contributed by atoms with E-state index >= 15 is 0 Å². The van der Waals surface area contributed by atoms with Crippen LogP contribution in [0.15, 0.2) is 0 Å². The van der Waals surface area contributed by atoms with Crippen LogP contribution in [0, 0.1) is 39.2 Å². The highest BCUT2D eigenvalue weighted by Gasteiger charge is 2.72. The van der Waals surface area contributed by atoms with Crippen molar-refractivity contribution in [1.82, 2.24) is 0 Å². The predicted molar refractivity (Wildman–Crippen MR) is 58.1 cm³/mol. The molecular formula is C8H8Br2N2O3. The molecular weight excluding hydrogens is 332 g/mol. The average molecular weight is 340 g/mol. The lowest BCUT2D eigenvalue weighted by molar-refractivity contribution is -0.552. The molecule has 2 rings (SSSR count). The maximum atomic E-state index is 11.0. The number of aliphatic hydroxyl groups is 1. The van der Waals surface area contributed by atoms with Gasteiger partial charge in [0.1, 0.15) is 5.92 Å². The van der Waals surface area contributed by atoms with Crippen LogP contribution in [0.2, 0.25) is 0 Å².